The van der Waals surface area contributed by atoms with Crippen molar-refractivity contribution in [2.75, 3.05) is 13.2 Å². The largest absolute Gasteiger partial charge is 0.451 e. The molecule has 7 nitrogen and oxygen atoms in total. The molecule has 1 amide bonds. The minimum Gasteiger partial charge on any atom is -0.451 e. The monoisotopic (exact) mass is 417 g/mol. The molecule has 9 heteroatoms. The van der Waals surface area contributed by atoms with Crippen LogP contribution in [0, 0.1) is 19.7 Å². The molecule has 0 unspecified atom stereocenters. The number of thiophene rings is 1. The Morgan fingerprint density at radius 3 is 2.76 bits per heavy atom. The molecule has 0 saturated carbocycles. The summed E-state index contributed by atoms with van der Waals surface area (Å²) in [6.45, 7) is 5.24. The van der Waals surface area contributed by atoms with E-state index in [1.165, 1.54) is 17.0 Å². The van der Waals surface area contributed by atoms with Crippen LogP contribution >= 0.6 is 11.3 Å². The lowest BCUT2D eigenvalue weighted by Crippen LogP contribution is -2.34. The van der Waals surface area contributed by atoms with E-state index >= 15 is 0 Å². The second-order valence-electron chi connectivity index (χ2n) is 6.50. The number of nitrogens with one attached hydrogen (secondary N) is 1. The molecule has 0 radical (unpaired) electrons. The first-order valence-corrected chi connectivity index (χ1v) is 9.81. The number of hydrogen-bond acceptors (Lipinski definition) is 6. The standard InChI is InChI=1S/C20H20FN3O4S/c1-4-24(9-13-6-5-7-14(21)8-13)15(25)10-28-20(27)17-11(2)16-18(26)22-12(3)23-19(16)29-17/h5-8H,4,9-10H2,1-3H3,(H,22,23,26). The van der Waals surface area contributed by atoms with Crippen LogP contribution in [0.4, 0.5) is 4.39 Å². The molecule has 29 heavy (non-hydrogen) atoms. The predicted molar refractivity (Wildman–Crippen MR) is 107 cm³/mol. The average Bonchev–Trinajstić information content (AvgIpc) is 3.00. The fourth-order valence-electron chi connectivity index (χ4n) is 2.96. The van der Waals surface area contributed by atoms with Gasteiger partial charge >= 0.3 is 5.97 Å². The maximum absolute atomic E-state index is 13.3. The minimum atomic E-state index is -0.683. The molecule has 2 aromatic heterocycles. The summed E-state index contributed by atoms with van der Waals surface area (Å²) < 4.78 is 18.5. The Balaban J connectivity index is 1.70. The summed E-state index contributed by atoms with van der Waals surface area (Å²) in [5, 5.41) is 0.347. The normalized spacial score (nSPS) is 10.9. The number of amides is 1. The van der Waals surface area contributed by atoms with Crippen LogP contribution in [0.1, 0.15) is 33.5 Å². The van der Waals surface area contributed by atoms with Gasteiger partial charge in [-0.15, -0.1) is 11.3 Å². The number of hydrogen-bond donors (Lipinski definition) is 1. The van der Waals surface area contributed by atoms with E-state index in [1.54, 1.807) is 32.9 Å². The molecule has 0 aliphatic carbocycles. The Morgan fingerprint density at radius 2 is 2.07 bits per heavy atom. The van der Waals surface area contributed by atoms with E-state index in [4.69, 9.17) is 4.74 Å². The minimum absolute atomic E-state index is 0.213. The highest BCUT2D eigenvalue weighted by Crippen LogP contribution is 2.27. The van der Waals surface area contributed by atoms with Gasteiger partial charge in [-0.05, 0) is 44.0 Å². The van der Waals surface area contributed by atoms with Gasteiger partial charge in [0.25, 0.3) is 11.5 Å². The number of esters is 1. The van der Waals surface area contributed by atoms with Gasteiger partial charge in [0.2, 0.25) is 0 Å². The maximum Gasteiger partial charge on any atom is 0.349 e. The van der Waals surface area contributed by atoms with Crippen LogP contribution in [0.5, 0.6) is 0 Å². The molecule has 0 bridgehead atoms. The molecule has 152 valence electrons. The fraction of sp³-hybridized carbons (Fsp3) is 0.300. The van der Waals surface area contributed by atoms with E-state index in [9.17, 15) is 18.8 Å². The number of rotatable bonds is 6. The average molecular weight is 417 g/mol. The summed E-state index contributed by atoms with van der Waals surface area (Å²) in [6, 6.07) is 5.98. The molecule has 0 saturated heterocycles. The molecular formula is C20H20FN3O4S. The zero-order valence-electron chi connectivity index (χ0n) is 16.2. The van der Waals surface area contributed by atoms with Crippen molar-refractivity contribution in [3.8, 4) is 0 Å². The lowest BCUT2D eigenvalue weighted by atomic mass is 10.2. The van der Waals surface area contributed by atoms with Crippen molar-refractivity contribution in [1.82, 2.24) is 14.9 Å². The smallest absolute Gasteiger partial charge is 0.349 e. The molecule has 2 heterocycles. The second-order valence-corrected chi connectivity index (χ2v) is 7.50. The van der Waals surface area contributed by atoms with Gasteiger partial charge < -0.3 is 14.6 Å². The van der Waals surface area contributed by atoms with E-state index in [2.05, 4.69) is 9.97 Å². The lowest BCUT2D eigenvalue weighted by Gasteiger charge is -2.20. The Kier molecular flexibility index (Phi) is 6.07. The van der Waals surface area contributed by atoms with E-state index in [1.807, 2.05) is 0 Å². The van der Waals surface area contributed by atoms with Crippen LogP contribution in [0.3, 0.4) is 0 Å². The van der Waals surface area contributed by atoms with Crippen molar-refractivity contribution in [2.24, 2.45) is 0 Å². The van der Waals surface area contributed by atoms with E-state index < -0.39 is 18.5 Å². The third-order valence-electron chi connectivity index (χ3n) is 4.43. The molecular weight excluding hydrogens is 397 g/mol. The number of aryl methyl sites for hydroxylation is 2. The molecule has 3 aromatic rings. The number of carbonyl (C=O) groups is 2. The molecule has 0 fully saturated rings. The zero-order chi connectivity index (χ0) is 21.1. The lowest BCUT2D eigenvalue weighted by molar-refractivity contribution is -0.134. The number of likely N-dealkylation sites (N-methyl/N-ethyl adjacent to an activating group) is 1. The quantitative estimate of drug-likeness (QED) is 0.623. The van der Waals surface area contributed by atoms with E-state index in [0.717, 1.165) is 11.3 Å². The Morgan fingerprint density at radius 1 is 1.31 bits per heavy atom. The van der Waals surface area contributed by atoms with Gasteiger partial charge in [0, 0.05) is 13.1 Å². The number of benzene rings is 1. The summed E-state index contributed by atoms with van der Waals surface area (Å²) >= 11 is 1.06. The number of ether oxygens (including phenoxy) is 1. The third-order valence-corrected chi connectivity index (χ3v) is 5.59. The third kappa shape index (κ3) is 4.51. The first-order chi connectivity index (χ1) is 13.8. The molecule has 0 aliphatic heterocycles. The van der Waals surface area contributed by atoms with Crippen LogP contribution in [0.2, 0.25) is 0 Å². The Labute approximate surface area is 170 Å². The van der Waals surface area contributed by atoms with Gasteiger partial charge in [-0.1, -0.05) is 12.1 Å². The molecule has 0 aliphatic rings. The van der Waals surface area contributed by atoms with E-state index in [0.29, 0.717) is 33.7 Å². The van der Waals surface area contributed by atoms with Crippen LogP contribution in [0.15, 0.2) is 29.1 Å². The summed E-state index contributed by atoms with van der Waals surface area (Å²) in [4.78, 5) is 46.0. The van der Waals surface area contributed by atoms with Crippen LogP contribution < -0.4 is 5.56 Å². The van der Waals surface area contributed by atoms with Gasteiger partial charge in [-0.3, -0.25) is 9.59 Å². The predicted octanol–water partition coefficient (Wildman–Crippen LogP) is 2.95. The zero-order valence-corrected chi connectivity index (χ0v) is 17.1. The van der Waals surface area contributed by atoms with Gasteiger partial charge in [0.15, 0.2) is 6.61 Å². The number of carbonyl (C=O) groups excluding carboxylic acids is 2. The number of halogens is 1. The fourth-order valence-corrected chi connectivity index (χ4v) is 4.08. The highest BCUT2D eigenvalue weighted by molar-refractivity contribution is 7.20. The van der Waals surface area contributed by atoms with Crippen molar-refractivity contribution in [3.63, 3.8) is 0 Å². The summed E-state index contributed by atoms with van der Waals surface area (Å²) in [5.74, 6) is -1.00. The van der Waals surface area contributed by atoms with Gasteiger partial charge in [0.05, 0.1) is 5.39 Å². The van der Waals surface area contributed by atoms with Crippen molar-refractivity contribution < 1.29 is 18.7 Å². The number of fused-ring (bicyclic) bond motifs is 1. The Bertz CT molecular complexity index is 1140. The Hall–Kier alpha value is -3.07. The van der Waals surface area contributed by atoms with Crippen molar-refractivity contribution >= 4 is 33.4 Å². The number of aromatic amines is 1. The highest BCUT2D eigenvalue weighted by atomic mass is 32.1. The number of nitrogens with zero attached hydrogens (tertiary/aromatic N) is 2. The maximum atomic E-state index is 13.3. The topological polar surface area (TPSA) is 92.4 Å². The first-order valence-electron chi connectivity index (χ1n) is 8.99. The van der Waals surface area contributed by atoms with Crippen molar-refractivity contribution in [3.05, 3.63) is 62.3 Å². The molecule has 0 atom stereocenters. The van der Waals surface area contributed by atoms with Gasteiger partial charge in [-0.25, -0.2) is 14.2 Å². The summed E-state index contributed by atoms with van der Waals surface area (Å²) in [7, 11) is 0. The van der Waals surface area contributed by atoms with Gasteiger partial charge in [0.1, 0.15) is 21.3 Å². The number of H-pyrrole nitrogens is 1. The molecule has 0 spiro atoms. The van der Waals surface area contributed by atoms with Crippen LogP contribution in [0.25, 0.3) is 10.2 Å². The molecule has 1 aromatic carbocycles. The molecule has 1 N–H and O–H groups in total. The van der Waals surface area contributed by atoms with Gasteiger partial charge in [-0.2, -0.15) is 0 Å². The second kappa shape index (κ2) is 8.52. The summed E-state index contributed by atoms with van der Waals surface area (Å²) in [6.07, 6.45) is 0. The first kappa shape index (κ1) is 20.7. The summed E-state index contributed by atoms with van der Waals surface area (Å²) in [5.41, 5.74) is 0.805. The van der Waals surface area contributed by atoms with Crippen LogP contribution in [-0.2, 0) is 16.1 Å². The SMILES string of the molecule is CCN(Cc1cccc(F)c1)C(=O)COC(=O)c1sc2nc(C)[nH]c(=O)c2c1C. The van der Waals surface area contributed by atoms with Crippen molar-refractivity contribution in [1.29, 1.82) is 0 Å². The van der Waals surface area contributed by atoms with Crippen LogP contribution in [-0.4, -0.2) is 39.9 Å². The highest BCUT2D eigenvalue weighted by Gasteiger charge is 2.22. The molecule has 3 rings (SSSR count). The van der Waals surface area contributed by atoms with E-state index in [-0.39, 0.29) is 22.8 Å². The van der Waals surface area contributed by atoms with Crippen molar-refractivity contribution in [2.45, 2.75) is 27.3 Å². The number of aromatic nitrogens is 2.